The molecule has 7 nitrogen and oxygen atoms in total. The highest BCUT2D eigenvalue weighted by molar-refractivity contribution is 5.36. The Morgan fingerprint density at radius 1 is 0.791 bits per heavy atom. The summed E-state index contributed by atoms with van der Waals surface area (Å²) in [6.45, 7) is 19.3. The van der Waals surface area contributed by atoms with Crippen LogP contribution in [0.2, 0.25) is 0 Å². The maximum atomic E-state index is 12.0. The van der Waals surface area contributed by atoms with Gasteiger partial charge in [0, 0.05) is 16.7 Å². The van der Waals surface area contributed by atoms with E-state index in [0.29, 0.717) is 24.4 Å². The van der Waals surface area contributed by atoms with Gasteiger partial charge in [0.2, 0.25) is 0 Å². The van der Waals surface area contributed by atoms with E-state index < -0.39 is 30.7 Å². The monoisotopic (exact) mass is 602 g/mol. The van der Waals surface area contributed by atoms with Crippen molar-refractivity contribution >= 4 is 0 Å². The number of hydrogen-bond acceptors (Lipinski definition) is 7. The number of aliphatic hydroxyl groups is 4. The molecule has 0 aromatic carbocycles. The highest BCUT2D eigenvalue weighted by Crippen LogP contribution is 2.79. The lowest BCUT2D eigenvalue weighted by Crippen LogP contribution is -2.72. The molecule has 2 saturated heterocycles. The van der Waals surface area contributed by atoms with Crippen molar-refractivity contribution in [1.82, 2.24) is 0 Å². The molecular formula is C36H58O7. The molecule has 0 amide bonds. The van der Waals surface area contributed by atoms with E-state index in [-0.39, 0.29) is 50.3 Å². The zero-order valence-electron chi connectivity index (χ0n) is 27.8. The first-order valence-electron chi connectivity index (χ1n) is 17.3. The first-order valence-corrected chi connectivity index (χ1v) is 17.3. The molecule has 4 saturated carbocycles. The average molecular weight is 603 g/mol. The van der Waals surface area contributed by atoms with Crippen LogP contribution in [0.4, 0.5) is 0 Å². The van der Waals surface area contributed by atoms with Gasteiger partial charge in [-0.05, 0) is 91.8 Å². The molecule has 0 unspecified atom stereocenters. The maximum Gasteiger partial charge on any atom is 0.186 e. The van der Waals surface area contributed by atoms with Gasteiger partial charge in [-0.25, -0.2) is 0 Å². The molecular weight excluding hydrogens is 544 g/mol. The SMILES string of the molecule is C[C@H]1O[C@@H](O[C@H]2CC[C@]3(C)[C@H]4C=C[C@]56OC[C@@]7(CCC(C)(C)C[C@H]75)[C@@H](O)C[C@@]6(C)[C@]4(C)CC[C@H]3C2(C)C)[C@H](O)[C@@H](O)[C@H]1O. The second kappa shape index (κ2) is 9.29. The minimum Gasteiger partial charge on any atom is -0.392 e. The standard InChI is InChI=1S/C36H58O7/c1-20-26(38)27(39)28(40)29(42-20)43-25-11-12-32(6)21(31(25,4)5)9-13-33(7)22(32)10-14-36-23-17-30(2,3)15-16-35(23,19-41-36)24(37)18-34(33,36)8/h10,14,20-29,37-40H,9,11-13,15-19H2,1-8H3/t20-,21+,22-,23-,24+,25+,26+,27+,28-,29+,32+,33-,34+,35-,36+/m1/s1. The summed E-state index contributed by atoms with van der Waals surface area (Å²) in [5.41, 5.74) is -0.533. The Kier molecular flexibility index (Phi) is 6.72. The quantitative estimate of drug-likeness (QED) is 0.261. The molecule has 7 aliphatic rings. The number of allylic oxidation sites excluding steroid dienone is 1. The molecule has 1 spiro atoms. The summed E-state index contributed by atoms with van der Waals surface area (Å²) < 4.78 is 19.5. The van der Waals surface area contributed by atoms with Gasteiger partial charge in [0.1, 0.15) is 18.3 Å². The number of fused-ring (bicyclic) bond motifs is 4. The number of ether oxygens (including phenoxy) is 3. The van der Waals surface area contributed by atoms with Crippen molar-refractivity contribution in [2.45, 2.75) is 155 Å². The smallest absolute Gasteiger partial charge is 0.186 e. The second-order valence-corrected chi connectivity index (χ2v) is 18.3. The van der Waals surface area contributed by atoms with E-state index in [1.807, 2.05) is 0 Å². The van der Waals surface area contributed by atoms with Gasteiger partial charge >= 0.3 is 0 Å². The van der Waals surface area contributed by atoms with Crippen molar-refractivity contribution in [3.05, 3.63) is 12.2 Å². The second-order valence-electron chi connectivity index (χ2n) is 18.3. The van der Waals surface area contributed by atoms with Gasteiger partial charge in [-0.2, -0.15) is 0 Å². The summed E-state index contributed by atoms with van der Waals surface area (Å²) in [6, 6.07) is 0. The Labute approximate surface area is 258 Å². The van der Waals surface area contributed by atoms with Crippen molar-refractivity contribution in [1.29, 1.82) is 0 Å². The average Bonchev–Trinajstić information content (AvgIpc) is 3.20. The third kappa shape index (κ3) is 3.74. The molecule has 2 bridgehead atoms. The molecule has 244 valence electrons. The predicted octanol–water partition coefficient (Wildman–Crippen LogP) is 4.98. The van der Waals surface area contributed by atoms with Crippen LogP contribution in [-0.2, 0) is 14.2 Å². The summed E-state index contributed by atoms with van der Waals surface area (Å²) >= 11 is 0. The van der Waals surface area contributed by atoms with E-state index in [4.69, 9.17) is 14.2 Å². The molecule has 5 aliphatic carbocycles. The molecule has 0 aromatic heterocycles. The molecule has 6 fully saturated rings. The summed E-state index contributed by atoms with van der Waals surface area (Å²) in [5.74, 6) is 1.08. The van der Waals surface area contributed by atoms with E-state index in [0.717, 1.165) is 51.4 Å². The Morgan fingerprint density at radius 2 is 1.51 bits per heavy atom. The topological polar surface area (TPSA) is 109 Å². The van der Waals surface area contributed by atoms with E-state index in [1.54, 1.807) is 6.92 Å². The third-order valence-electron chi connectivity index (χ3n) is 15.7. The van der Waals surface area contributed by atoms with Crippen LogP contribution in [0.3, 0.4) is 0 Å². The first kappa shape index (κ1) is 31.1. The van der Waals surface area contributed by atoms with Crippen molar-refractivity contribution in [2.75, 3.05) is 6.61 Å². The van der Waals surface area contributed by atoms with Gasteiger partial charge in [-0.15, -0.1) is 0 Å². The van der Waals surface area contributed by atoms with Crippen molar-refractivity contribution in [3.63, 3.8) is 0 Å². The molecule has 7 rings (SSSR count). The van der Waals surface area contributed by atoms with Crippen LogP contribution in [0, 0.1) is 50.2 Å². The van der Waals surface area contributed by atoms with E-state index in [9.17, 15) is 20.4 Å². The molecule has 43 heavy (non-hydrogen) atoms. The van der Waals surface area contributed by atoms with Gasteiger partial charge in [-0.3, -0.25) is 0 Å². The van der Waals surface area contributed by atoms with Crippen molar-refractivity contribution in [2.24, 2.45) is 50.2 Å². The fraction of sp³-hybridized carbons (Fsp3) is 0.944. The molecule has 0 radical (unpaired) electrons. The third-order valence-corrected chi connectivity index (χ3v) is 15.7. The van der Waals surface area contributed by atoms with E-state index in [1.165, 1.54) is 0 Å². The highest BCUT2D eigenvalue weighted by Gasteiger charge is 2.79. The molecule has 7 heteroatoms. The summed E-state index contributed by atoms with van der Waals surface area (Å²) in [5, 5.41) is 43.3. The maximum absolute atomic E-state index is 12.0. The molecule has 15 atom stereocenters. The number of rotatable bonds is 2. The molecule has 0 aromatic rings. The van der Waals surface area contributed by atoms with Gasteiger partial charge in [-0.1, -0.05) is 60.6 Å². The Hall–Kier alpha value is -0.540. The van der Waals surface area contributed by atoms with Gasteiger partial charge in [0.15, 0.2) is 6.29 Å². The van der Waals surface area contributed by atoms with Crippen LogP contribution in [0.25, 0.3) is 0 Å². The van der Waals surface area contributed by atoms with Crippen LogP contribution < -0.4 is 0 Å². The first-order chi connectivity index (χ1) is 19.9. The molecule has 2 heterocycles. The minimum absolute atomic E-state index is 0.0196. The zero-order chi connectivity index (χ0) is 31.2. The Morgan fingerprint density at radius 3 is 2.23 bits per heavy atom. The van der Waals surface area contributed by atoms with Crippen LogP contribution in [0.15, 0.2) is 12.2 Å². The summed E-state index contributed by atoms with van der Waals surface area (Å²) in [4.78, 5) is 0. The normalized spacial score (nSPS) is 59.9. The highest BCUT2D eigenvalue weighted by atomic mass is 16.7. The lowest BCUT2D eigenvalue weighted by Gasteiger charge is -2.73. The lowest BCUT2D eigenvalue weighted by atomic mass is 9.32. The number of aliphatic hydroxyl groups excluding tert-OH is 4. The largest absolute Gasteiger partial charge is 0.392 e. The summed E-state index contributed by atoms with van der Waals surface area (Å²) in [6.07, 6.45) is 7.38. The Balaban J connectivity index is 1.21. The fourth-order valence-corrected chi connectivity index (χ4v) is 12.8. The molecule has 4 N–H and O–H groups in total. The predicted molar refractivity (Wildman–Crippen MR) is 163 cm³/mol. The van der Waals surface area contributed by atoms with E-state index in [2.05, 4.69) is 60.6 Å². The van der Waals surface area contributed by atoms with Crippen LogP contribution in [0.5, 0.6) is 0 Å². The van der Waals surface area contributed by atoms with Crippen LogP contribution in [0.1, 0.15) is 107 Å². The van der Waals surface area contributed by atoms with E-state index >= 15 is 0 Å². The fourth-order valence-electron chi connectivity index (χ4n) is 12.8. The van der Waals surface area contributed by atoms with Gasteiger partial charge in [0.05, 0.1) is 30.5 Å². The van der Waals surface area contributed by atoms with Crippen LogP contribution >= 0.6 is 0 Å². The lowest BCUT2D eigenvalue weighted by molar-refractivity contribution is -0.325. The number of hydrogen-bond donors (Lipinski definition) is 4. The minimum atomic E-state index is -1.29. The zero-order valence-corrected chi connectivity index (χ0v) is 27.8. The van der Waals surface area contributed by atoms with Crippen molar-refractivity contribution in [3.8, 4) is 0 Å². The van der Waals surface area contributed by atoms with Gasteiger partial charge < -0.3 is 34.6 Å². The molecule has 2 aliphatic heterocycles. The Bertz CT molecular complexity index is 1170. The summed E-state index contributed by atoms with van der Waals surface area (Å²) in [7, 11) is 0. The van der Waals surface area contributed by atoms with Gasteiger partial charge in [0.25, 0.3) is 0 Å². The van der Waals surface area contributed by atoms with Crippen LogP contribution in [-0.4, -0.2) is 75.5 Å². The van der Waals surface area contributed by atoms with Crippen molar-refractivity contribution < 1.29 is 34.6 Å².